The van der Waals surface area contributed by atoms with E-state index >= 15 is 0 Å². The molecule has 4 heteroatoms. The lowest BCUT2D eigenvalue weighted by Crippen LogP contribution is -1.94. The van der Waals surface area contributed by atoms with Gasteiger partial charge in [-0.1, -0.05) is 0 Å². The van der Waals surface area contributed by atoms with E-state index in [4.69, 9.17) is 5.73 Å². The molecule has 10 heavy (non-hydrogen) atoms. The smallest absolute Gasteiger partial charge is 0.180 e. The third kappa shape index (κ3) is 0.556. The van der Waals surface area contributed by atoms with Gasteiger partial charge >= 0.3 is 0 Å². The van der Waals surface area contributed by atoms with Crippen LogP contribution in [0.4, 0.5) is 5.82 Å². The minimum absolute atomic E-state index is 0.434. The van der Waals surface area contributed by atoms with Crippen molar-refractivity contribution in [2.45, 2.75) is 0 Å². The number of nitrogens with zero attached hydrogens (tertiary/aromatic N) is 3. The minimum Gasteiger partial charge on any atom is -0.381 e. The highest BCUT2D eigenvalue weighted by molar-refractivity contribution is 5.58. The molecule has 0 aliphatic heterocycles. The van der Waals surface area contributed by atoms with Gasteiger partial charge in [-0.05, 0) is 0 Å². The van der Waals surface area contributed by atoms with Gasteiger partial charge < -0.3 is 5.73 Å². The Morgan fingerprint density at radius 3 is 3.20 bits per heavy atom. The SMILES string of the molecule is Nc1nccn2[c]cnc12. The lowest BCUT2D eigenvalue weighted by molar-refractivity contribution is 1.13. The molecule has 0 spiro atoms. The summed E-state index contributed by atoms with van der Waals surface area (Å²) in [6.07, 6.45) is 7.77. The molecule has 0 fully saturated rings. The van der Waals surface area contributed by atoms with Crippen LogP contribution in [0.25, 0.3) is 5.65 Å². The zero-order valence-electron chi connectivity index (χ0n) is 5.15. The van der Waals surface area contributed by atoms with Gasteiger partial charge in [-0.25, -0.2) is 9.97 Å². The maximum Gasteiger partial charge on any atom is 0.180 e. The summed E-state index contributed by atoms with van der Waals surface area (Å²) in [7, 11) is 0. The fourth-order valence-electron chi connectivity index (χ4n) is 0.817. The van der Waals surface area contributed by atoms with Crippen molar-refractivity contribution in [1.29, 1.82) is 0 Å². The van der Waals surface area contributed by atoms with Crippen molar-refractivity contribution in [2.75, 3.05) is 5.73 Å². The average molecular weight is 133 g/mol. The summed E-state index contributed by atoms with van der Waals surface area (Å²) in [5.41, 5.74) is 6.14. The second kappa shape index (κ2) is 1.70. The van der Waals surface area contributed by atoms with E-state index in [-0.39, 0.29) is 0 Å². The zero-order chi connectivity index (χ0) is 6.97. The molecule has 0 bridgehead atoms. The summed E-state index contributed by atoms with van der Waals surface area (Å²) in [6, 6.07) is 0. The van der Waals surface area contributed by atoms with Crippen LogP contribution in [0.3, 0.4) is 0 Å². The maximum atomic E-state index is 5.49. The van der Waals surface area contributed by atoms with Crippen molar-refractivity contribution in [3.8, 4) is 0 Å². The molecular formula is C6H5N4. The van der Waals surface area contributed by atoms with Crippen LogP contribution in [0.2, 0.25) is 0 Å². The number of nitrogen functional groups attached to an aromatic ring is 1. The number of imidazole rings is 1. The van der Waals surface area contributed by atoms with Crippen molar-refractivity contribution >= 4 is 11.5 Å². The number of hydrogen-bond acceptors (Lipinski definition) is 3. The lowest BCUT2D eigenvalue weighted by atomic mass is 10.6. The number of anilines is 1. The minimum atomic E-state index is 0.434. The number of rotatable bonds is 0. The highest BCUT2D eigenvalue weighted by atomic mass is 15.0. The Balaban J connectivity index is 2.95. The largest absolute Gasteiger partial charge is 0.381 e. The Kier molecular flexibility index (Phi) is 0.887. The topological polar surface area (TPSA) is 56.2 Å². The Morgan fingerprint density at radius 1 is 1.50 bits per heavy atom. The van der Waals surface area contributed by atoms with Crippen molar-refractivity contribution in [1.82, 2.24) is 14.4 Å². The first-order valence-electron chi connectivity index (χ1n) is 2.83. The van der Waals surface area contributed by atoms with E-state index in [0.29, 0.717) is 11.5 Å². The van der Waals surface area contributed by atoms with Crippen molar-refractivity contribution < 1.29 is 0 Å². The van der Waals surface area contributed by atoms with Gasteiger partial charge in [0.2, 0.25) is 0 Å². The molecule has 1 radical (unpaired) electrons. The molecular weight excluding hydrogens is 128 g/mol. The first-order valence-corrected chi connectivity index (χ1v) is 2.83. The van der Waals surface area contributed by atoms with Crippen LogP contribution in [0.5, 0.6) is 0 Å². The van der Waals surface area contributed by atoms with E-state index < -0.39 is 0 Å². The van der Waals surface area contributed by atoms with Gasteiger partial charge in [0, 0.05) is 12.4 Å². The highest BCUT2D eigenvalue weighted by Gasteiger charge is 1.96. The number of nitrogens with two attached hydrogens (primary N) is 1. The maximum absolute atomic E-state index is 5.49. The van der Waals surface area contributed by atoms with Crippen LogP contribution < -0.4 is 5.73 Å². The Morgan fingerprint density at radius 2 is 2.40 bits per heavy atom. The van der Waals surface area contributed by atoms with Crippen LogP contribution in [0.15, 0.2) is 18.6 Å². The van der Waals surface area contributed by atoms with E-state index in [1.807, 2.05) is 0 Å². The van der Waals surface area contributed by atoms with Crippen LogP contribution >= 0.6 is 0 Å². The monoisotopic (exact) mass is 133 g/mol. The third-order valence-electron chi connectivity index (χ3n) is 1.27. The van der Waals surface area contributed by atoms with Crippen molar-refractivity contribution in [3.63, 3.8) is 0 Å². The van der Waals surface area contributed by atoms with Crippen LogP contribution in [0, 0.1) is 6.20 Å². The molecule has 2 aromatic heterocycles. The standard InChI is InChI=1S/C6H5N4/c7-5-6-9-2-4-10(6)3-1-8-5/h1-3H,(H2,7,8). The summed E-state index contributed by atoms with van der Waals surface area (Å²) < 4.78 is 1.70. The van der Waals surface area contributed by atoms with Gasteiger partial charge in [0.25, 0.3) is 0 Å². The quantitative estimate of drug-likeness (QED) is 0.555. The molecule has 0 amide bonds. The summed E-state index contributed by atoms with van der Waals surface area (Å²) in [5.74, 6) is 0.434. The molecule has 2 heterocycles. The van der Waals surface area contributed by atoms with Gasteiger partial charge in [0.1, 0.15) is 0 Å². The summed E-state index contributed by atoms with van der Waals surface area (Å²) in [5, 5.41) is 0. The van der Waals surface area contributed by atoms with Gasteiger partial charge in [-0.15, -0.1) is 0 Å². The molecule has 0 aliphatic rings. The lowest BCUT2D eigenvalue weighted by Gasteiger charge is -1.92. The zero-order valence-corrected chi connectivity index (χ0v) is 5.15. The molecule has 2 rings (SSSR count). The first-order chi connectivity index (χ1) is 4.88. The van der Waals surface area contributed by atoms with E-state index in [1.165, 1.54) is 0 Å². The van der Waals surface area contributed by atoms with Gasteiger partial charge in [0.05, 0.1) is 12.4 Å². The normalized spacial score (nSPS) is 10.4. The third-order valence-corrected chi connectivity index (χ3v) is 1.27. The van der Waals surface area contributed by atoms with Gasteiger partial charge in [-0.2, -0.15) is 0 Å². The predicted molar refractivity (Wildman–Crippen MR) is 36.2 cm³/mol. The first kappa shape index (κ1) is 5.22. The summed E-state index contributed by atoms with van der Waals surface area (Å²) >= 11 is 0. The average Bonchev–Trinajstić information content (AvgIpc) is 2.36. The van der Waals surface area contributed by atoms with E-state index in [2.05, 4.69) is 16.2 Å². The Labute approximate surface area is 57.3 Å². The second-order valence-electron chi connectivity index (χ2n) is 1.89. The molecule has 2 aromatic rings. The van der Waals surface area contributed by atoms with Gasteiger partial charge in [0.15, 0.2) is 11.5 Å². The molecule has 0 saturated carbocycles. The fourth-order valence-corrected chi connectivity index (χ4v) is 0.817. The fraction of sp³-hybridized carbons (Fsp3) is 0. The molecule has 0 aromatic carbocycles. The number of fused-ring (bicyclic) bond motifs is 1. The van der Waals surface area contributed by atoms with E-state index in [9.17, 15) is 0 Å². The molecule has 0 unspecified atom stereocenters. The van der Waals surface area contributed by atoms with Crippen molar-refractivity contribution in [3.05, 3.63) is 24.8 Å². The van der Waals surface area contributed by atoms with E-state index in [1.54, 1.807) is 23.0 Å². The van der Waals surface area contributed by atoms with Gasteiger partial charge in [-0.3, -0.25) is 4.40 Å². The number of aromatic nitrogens is 3. The molecule has 4 nitrogen and oxygen atoms in total. The summed E-state index contributed by atoms with van der Waals surface area (Å²) in [4.78, 5) is 7.79. The van der Waals surface area contributed by atoms with E-state index in [0.717, 1.165) is 0 Å². The van der Waals surface area contributed by atoms with Crippen molar-refractivity contribution in [2.24, 2.45) is 0 Å². The Hall–Kier alpha value is -1.58. The van der Waals surface area contributed by atoms with Crippen LogP contribution in [-0.2, 0) is 0 Å². The van der Waals surface area contributed by atoms with Crippen LogP contribution in [0.1, 0.15) is 0 Å². The predicted octanol–water partition coefficient (Wildman–Crippen LogP) is 0.112. The molecule has 0 atom stereocenters. The summed E-state index contributed by atoms with van der Waals surface area (Å²) in [6.45, 7) is 0. The molecule has 0 aliphatic carbocycles. The molecule has 0 saturated heterocycles. The Bertz CT molecular complexity index is 351. The number of hydrogen-bond donors (Lipinski definition) is 1. The molecule has 49 valence electrons. The highest BCUT2D eigenvalue weighted by Crippen LogP contribution is 2.04. The molecule has 2 N–H and O–H groups in total. The van der Waals surface area contributed by atoms with Crippen LogP contribution in [-0.4, -0.2) is 14.4 Å². The second-order valence-corrected chi connectivity index (χ2v) is 1.89.